The number of nitrogens with zero attached hydrogens (tertiary/aromatic N) is 1. The average molecular weight is 301 g/mol. The Morgan fingerprint density at radius 2 is 2.21 bits per heavy atom. The third-order valence-corrected chi connectivity index (χ3v) is 3.35. The van der Waals surface area contributed by atoms with Crippen molar-refractivity contribution in [1.82, 2.24) is 10.3 Å². The number of hydrogen-bond acceptors (Lipinski definition) is 4. The van der Waals surface area contributed by atoms with Crippen molar-refractivity contribution in [3.8, 4) is 11.3 Å². The summed E-state index contributed by atoms with van der Waals surface area (Å²) >= 11 is 12.1. The van der Waals surface area contributed by atoms with Crippen LogP contribution in [-0.4, -0.2) is 25.2 Å². The summed E-state index contributed by atoms with van der Waals surface area (Å²) in [6.45, 7) is 1.93. The highest BCUT2D eigenvalue weighted by atomic mass is 35.5. The summed E-state index contributed by atoms with van der Waals surface area (Å²) in [6.07, 6.45) is 1.64. The number of methoxy groups -OCH3 is 1. The van der Waals surface area contributed by atoms with Gasteiger partial charge in [-0.05, 0) is 12.1 Å². The molecule has 0 fully saturated rings. The minimum Gasteiger partial charge on any atom is -0.439 e. The molecule has 0 saturated carbocycles. The fraction of sp³-hybridized carbons (Fsp3) is 0.308. The Kier molecular flexibility index (Phi) is 5.22. The normalized spacial score (nSPS) is 10.9. The molecule has 0 radical (unpaired) electrons. The molecule has 0 unspecified atom stereocenters. The second-order valence-corrected chi connectivity index (χ2v) is 4.67. The van der Waals surface area contributed by atoms with Gasteiger partial charge in [0.1, 0.15) is 0 Å². The highest BCUT2D eigenvalue weighted by Crippen LogP contribution is 2.33. The molecule has 0 spiro atoms. The molecule has 0 bridgehead atoms. The molecule has 2 rings (SSSR count). The maximum Gasteiger partial charge on any atom is 0.208 e. The molecule has 0 saturated heterocycles. The summed E-state index contributed by atoms with van der Waals surface area (Å²) in [5, 5.41) is 4.12. The summed E-state index contributed by atoms with van der Waals surface area (Å²) in [5.41, 5.74) is 0.741. The molecule has 0 aliphatic heterocycles. The first-order valence-electron chi connectivity index (χ1n) is 5.81. The predicted octanol–water partition coefficient (Wildman–Crippen LogP) is 3.38. The highest BCUT2D eigenvalue weighted by molar-refractivity contribution is 6.43. The fourth-order valence-corrected chi connectivity index (χ4v) is 1.97. The number of rotatable bonds is 6. The maximum atomic E-state index is 6.13. The third kappa shape index (κ3) is 3.70. The summed E-state index contributed by atoms with van der Waals surface area (Å²) in [7, 11) is 1.66. The van der Waals surface area contributed by atoms with Crippen LogP contribution in [-0.2, 0) is 11.3 Å². The lowest BCUT2D eigenvalue weighted by Gasteiger charge is -2.02. The molecular formula is C13H14Cl2N2O2. The number of halogens is 2. The molecule has 6 heteroatoms. The summed E-state index contributed by atoms with van der Waals surface area (Å²) in [4.78, 5) is 4.19. The second-order valence-electron chi connectivity index (χ2n) is 3.89. The van der Waals surface area contributed by atoms with Crippen LogP contribution in [0.1, 0.15) is 5.89 Å². The van der Waals surface area contributed by atoms with Crippen molar-refractivity contribution < 1.29 is 9.15 Å². The number of hydrogen-bond donors (Lipinski definition) is 1. The molecule has 0 aliphatic rings. The number of nitrogens with one attached hydrogen (secondary N) is 1. The first-order valence-corrected chi connectivity index (χ1v) is 6.56. The minimum atomic E-state index is 0.471. The summed E-state index contributed by atoms with van der Waals surface area (Å²) < 4.78 is 10.6. The van der Waals surface area contributed by atoms with Crippen LogP contribution >= 0.6 is 23.2 Å². The fourth-order valence-electron chi connectivity index (χ4n) is 1.58. The standard InChI is InChI=1S/C13H14Cl2N2O2/c1-18-6-5-16-8-12-17-7-11(19-12)9-3-2-4-10(14)13(9)15/h2-4,7,16H,5-6,8H2,1H3. The molecule has 1 aromatic carbocycles. The van der Waals surface area contributed by atoms with Crippen LogP contribution in [0.5, 0.6) is 0 Å². The third-order valence-electron chi connectivity index (χ3n) is 2.53. The van der Waals surface area contributed by atoms with E-state index in [1.165, 1.54) is 0 Å². The average Bonchev–Trinajstić information content (AvgIpc) is 2.87. The van der Waals surface area contributed by atoms with Gasteiger partial charge in [0.2, 0.25) is 5.89 Å². The number of benzene rings is 1. The van der Waals surface area contributed by atoms with Gasteiger partial charge in [-0.15, -0.1) is 0 Å². The van der Waals surface area contributed by atoms with Crippen LogP contribution in [0.25, 0.3) is 11.3 Å². The van der Waals surface area contributed by atoms with E-state index in [1.54, 1.807) is 19.4 Å². The summed E-state index contributed by atoms with van der Waals surface area (Å²) in [6, 6.07) is 5.40. The van der Waals surface area contributed by atoms with Crippen LogP contribution < -0.4 is 5.32 Å². The summed E-state index contributed by atoms with van der Waals surface area (Å²) in [5.74, 6) is 1.21. The lowest BCUT2D eigenvalue weighted by molar-refractivity contribution is 0.198. The molecule has 0 aliphatic carbocycles. The van der Waals surface area contributed by atoms with Crippen molar-refractivity contribution in [2.45, 2.75) is 6.54 Å². The first kappa shape index (κ1) is 14.3. The molecule has 0 amide bonds. The second kappa shape index (κ2) is 6.91. The first-order chi connectivity index (χ1) is 9.22. The van der Waals surface area contributed by atoms with Crippen LogP contribution in [0, 0.1) is 0 Å². The van der Waals surface area contributed by atoms with Gasteiger partial charge < -0.3 is 14.5 Å². The van der Waals surface area contributed by atoms with Gasteiger partial charge in [0.25, 0.3) is 0 Å². The molecule has 1 aromatic heterocycles. The van der Waals surface area contributed by atoms with Gasteiger partial charge in [-0.1, -0.05) is 29.3 Å². The zero-order valence-electron chi connectivity index (χ0n) is 10.5. The molecule has 4 nitrogen and oxygen atoms in total. The van der Waals surface area contributed by atoms with Gasteiger partial charge in [-0.25, -0.2) is 4.98 Å². The molecule has 2 aromatic rings. The van der Waals surface area contributed by atoms with Crippen LogP contribution in [0.15, 0.2) is 28.8 Å². The largest absolute Gasteiger partial charge is 0.439 e. The van der Waals surface area contributed by atoms with Gasteiger partial charge in [-0.3, -0.25) is 0 Å². The molecule has 1 heterocycles. The topological polar surface area (TPSA) is 47.3 Å². The minimum absolute atomic E-state index is 0.471. The van der Waals surface area contributed by atoms with Crippen molar-refractivity contribution in [2.24, 2.45) is 0 Å². The van der Waals surface area contributed by atoms with Crippen molar-refractivity contribution in [3.05, 3.63) is 40.3 Å². The Labute approximate surface area is 121 Å². The van der Waals surface area contributed by atoms with Gasteiger partial charge >= 0.3 is 0 Å². The molecule has 102 valence electrons. The molecule has 1 N–H and O–H groups in total. The van der Waals surface area contributed by atoms with Gasteiger partial charge in [0.05, 0.1) is 29.4 Å². The number of aromatic nitrogens is 1. The van der Waals surface area contributed by atoms with E-state index in [4.69, 9.17) is 32.4 Å². The Morgan fingerprint density at radius 1 is 1.37 bits per heavy atom. The van der Waals surface area contributed by atoms with Crippen molar-refractivity contribution in [1.29, 1.82) is 0 Å². The van der Waals surface area contributed by atoms with Crippen LogP contribution in [0.4, 0.5) is 0 Å². The zero-order chi connectivity index (χ0) is 13.7. The van der Waals surface area contributed by atoms with Crippen LogP contribution in [0.2, 0.25) is 10.0 Å². The number of ether oxygens (including phenoxy) is 1. The van der Waals surface area contributed by atoms with E-state index in [9.17, 15) is 0 Å². The van der Waals surface area contributed by atoms with Crippen molar-refractivity contribution in [3.63, 3.8) is 0 Å². The van der Waals surface area contributed by atoms with E-state index in [0.29, 0.717) is 34.8 Å². The highest BCUT2D eigenvalue weighted by Gasteiger charge is 2.11. The maximum absolute atomic E-state index is 6.13. The van der Waals surface area contributed by atoms with E-state index < -0.39 is 0 Å². The van der Waals surface area contributed by atoms with E-state index in [2.05, 4.69) is 10.3 Å². The van der Waals surface area contributed by atoms with Crippen molar-refractivity contribution >= 4 is 23.2 Å². The van der Waals surface area contributed by atoms with E-state index >= 15 is 0 Å². The lowest BCUT2D eigenvalue weighted by atomic mass is 10.2. The zero-order valence-corrected chi connectivity index (χ0v) is 12.0. The Morgan fingerprint density at radius 3 is 3.00 bits per heavy atom. The van der Waals surface area contributed by atoms with Crippen LogP contribution in [0.3, 0.4) is 0 Å². The molecule has 0 atom stereocenters. The van der Waals surface area contributed by atoms with Gasteiger partial charge in [0, 0.05) is 19.2 Å². The quantitative estimate of drug-likeness (QED) is 0.831. The smallest absolute Gasteiger partial charge is 0.208 e. The number of oxazole rings is 1. The lowest BCUT2D eigenvalue weighted by Crippen LogP contribution is -2.18. The van der Waals surface area contributed by atoms with E-state index in [1.807, 2.05) is 12.1 Å². The van der Waals surface area contributed by atoms with E-state index in [-0.39, 0.29) is 0 Å². The Balaban J connectivity index is 2.06. The van der Waals surface area contributed by atoms with E-state index in [0.717, 1.165) is 12.1 Å². The monoisotopic (exact) mass is 300 g/mol. The Bertz CT molecular complexity index is 543. The van der Waals surface area contributed by atoms with Crippen molar-refractivity contribution in [2.75, 3.05) is 20.3 Å². The van der Waals surface area contributed by atoms with Gasteiger partial charge in [-0.2, -0.15) is 0 Å². The molecule has 19 heavy (non-hydrogen) atoms. The Hall–Kier alpha value is -1.07. The van der Waals surface area contributed by atoms with Gasteiger partial charge in [0.15, 0.2) is 5.76 Å². The SMILES string of the molecule is COCCNCc1ncc(-c2cccc(Cl)c2Cl)o1. The predicted molar refractivity (Wildman–Crippen MR) is 75.5 cm³/mol. The molecular weight excluding hydrogens is 287 g/mol.